The highest BCUT2D eigenvalue weighted by molar-refractivity contribution is 5.96. The number of aromatic nitrogens is 1. The Morgan fingerprint density at radius 3 is 2.60 bits per heavy atom. The molecule has 5 atom stereocenters. The fourth-order valence-corrected chi connectivity index (χ4v) is 10.7. The molecule has 1 spiro atoms. The van der Waals surface area contributed by atoms with Crippen LogP contribution in [-0.4, -0.2) is 58.5 Å². The van der Waals surface area contributed by atoms with E-state index in [1.807, 2.05) is 0 Å². The second kappa shape index (κ2) is 8.41. The molecule has 0 N–H and O–H groups in total. The lowest BCUT2D eigenvalue weighted by Crippen LogP contribution is -2.60. The van der Waals surface area contributed by atoms with Crippen LogP contribution in [0, 0.1) is 11.8 Å². The molecular weight excluding hydrogens is 528 g/mol. The highest BCUT2D eigenvalue weighted by atomic mass is 16.2. The van der Waals surface area contributed by atoms with Crippen molar-refractivity contribution in [3.63, 3.8) is 0 Å². The first-order valence-corrected chi connectivity index (χ1v) is 16.4. The van der Waals surface area contributed by atoms with E-state index in [0.717, 1.165) is 32.6 Å². The van der Waals surface area contributed by atoms with Crippen LogP contribution in [0.15, 0.2) is 83.6 Å². The summed E-state index contributed by atoms with van der Waals surface area (Å²) in [6.45, 7) is 8.19. The van der Waals surface area contributed by atoms with Gasteiger partial charge in [0.05, 0.1) is 17.3 Å². The van der Waals surface area contributed by atoms with E-state index in [-0.39, 0.29) is 17.4 Å². The Morgan fingerprint density at radius 2 is 1.72 bits per heavy atom. The third-order valence-corrected chi connectivity index (χ3v) is 12.5. The topological polar surface area (TPSA) is 31.7 Å². The third-order valence-electron chi connectivity index (χ3n) is 12.5. The van der Waals surface area contributed by atoms with Crippen LogP contribution in [0.3, 0.4) is 0 Å². The second-order valence-corrected chi connectivity index (χ2v) is 13.9. The molecule has 3 saturated heterocycles. The van der Waals surface area contributed by atoms with Gasteiger partial charge >= 0.3 is 0 Å². The summed E-state index contributed by atoms with van der Waals surface area (Å²) in [6, 6.07) is 19.2. The minimum atomic E-state index is 0.0830. The van der Waals surface area contributed by atoms with Gasteiger partial charge in [0.15, 0.2) is 0 Å². The van der Waals surface area contributed by atoms with Gasteiger partial charge in [-0.2, -0.15) is 0 Å². The third kappa shape index (κ3) is 2.90. The number of para-hydroxylation sites is 2. The van der Waals surface area contributed by atoms with Crippen molar-refractivity contribution in [3.05, 3.63) is 100 Å². The molecule has 5 heteroatoms. The number of fused-ring (bicyclic) bond motifs is 9. The van der Waals surface area contributed by atoms with E-state index in [9.17, 15) is 4.79 Å². The van der Waals surface area contributed by atoms with Gasteiger partial charge in [0.1, 0.15) is 0 Å². The number of carbonyl (C=O) groups is 1. The summed E-state index contributed by atoms with van der Waals surface area (Å²) in [5.74, 6) is 0.837. The van der Waals surface area contributed by atoms with E-state index < -0.39 is 0 Å². The fraction of sp³-hybridized carbons (Fsp3) is 0.395. The monoisotopic (exact) mass is 566 g/mol. The molecule has 0 radical (unpaired) electrons. The molecule has 1 saturated carbocycles. The van der Waals surface area contributed by atoms with Crippen LogP contribution >= 0.6 is 0 Å². The van der Waals surface area contributed by atoms with Gasteiger partial charge < -0.3 is 14.4 Å². The number of benzene rings is 2. The summed E-state index contributed by atoms with van der Waals surface area (Å²) in [5, 5.41) is 1.34. The van der Waals surface area contributed by atoms with Crippen LogP contribution < -0.4 is 4.90 Å². The zero-order valence-electron chi connectivity index (χ0n) is 25.1. The fourth-order valence-electron chi connectivity index (χ4n) is 10.7. The Balaban J connectivity index is 1.35. The van der Waals surface area contributed by atoms with E-state index in [1.54, 1.807) is 11.1 Å². The van der Waals surface area contributed by atoms with Crippen molar-refractivity contribution in [1.82, 2.24) is 14.4 Å². The molecule has 4 bridgehead atoms. The van der Waals surface area contributed by atoms with Crippen LogP contribution in [-0.2, 0) is 16.6 Å². The minimum Gasteiger partial charge on any atom is -0.339 e. The Hall–Kier alpha value is -3.83. The number of allylic oxidation sites excluding steroid dienone is 3. The molecule has 4 fully saturated rings. The maximum absolute atomic E-state index is 13.6. The van der Waals surface area contributed by atoms with Crippen molar-refractivity contribution in [1.29, 1.82) is 0 Å². The van der Waals surface area contributed by atoms with Gasteiger partial charge in [-0.25, -0.2) is 0 Å². The quantitative estimate of drug-likeness (QED) is 0.297. The molecule has 1 amide bonds. The van der Waals surface area contributed by atoms with Crippen LogP contribution in [0.5, 0.6) is 0 Å². The molecule has 8 heterocycles. The van der Waals surface area contributed by atoms with Crippen molar-refractivity contribution >= 4 is 34.3 Å². The van der Waals surface area contributed by atoms with Crippen molar-refractivity contribution in [2.45, 2.75) is 57.0 Å². The van der Waals surface area contributed by atoms with E-state index in [1.165, 1.54) is 57.4 Å². The summed E-state index contributed by atoms with van der Waals surface area (Å²) in [6.07, 6.45) is 13.7. The lowest BCUT2D eigenvalue weighted by molar-refractivity contribution is -0.132. The lowest BCUT2D eigenvalue weighted by atomic mass is 9.58. The maximum atomic E-state index is 13.6. The molecule has 3 aromatic rings. The van der Waals surface area contributed by atoms with E-state index in [2.05, 4.69) is 106 Å². The highest BCUT2D eigenvalue weighted by Crippen LogP contribution is 2.64. The van der Waals surface area contributed by atoms with E-state index in [4.69, 9.17) is 0 Å². The van der Waals surface area contributed by atoms with Crippen LogP contribution in [0.1, 0.15) is 49.9 Å². The zero-order valence-corrected chi connectivity index (χ0v) is 25.1. The Bertz CT molecular complexity index is 1890. The first kappa shape index (κ1) is 24.6. The first-order valence-electron chi connectivity index (χ1n) is 16.4. The van der Waals surface area contributed by atoms with Crippen molar-refractivity contribution in [3.8, 4) is 0 Å². The molecule has 0 unspecified atom stereocenters. The van der Waals surface area contributed by atoms with Gasteiger partial charge in [-0.3, -0.25) is 9.69 Å². The largest absolute Gasteiger partial charge is 0.339 e. The molecule has 43 heavy (non-hydrogen) atoms. The molecule has 216 valence electrons. The Kier molecular flexibility index (Phi) is 4.81. The standard InChI is InChI=1S/C38H38N4O/c1-3-23-19-39-16-14-38-31-10-6-8-12-33(31)42-21-29-28-18-35(43)40(20-24(28)4-2)15-13-26-25-9-5-7-11-32(25)41(36(26)29)22-30(37(38)42)27(23)17-34(38)39/h3-12,21-22,27-28,34,37H,13-20H2,1-2H3/b23-3-,24-4-,29-21-,30-22-/t27-,28-,34-,37-,38+/m0/s1. The predicted molar refractivity (Wildman–Crippen MR) is 173 cm³/mol. The number of hydrogen-bond donors (Lipinski definition) is 0. The summed E-state index contributed by atoms with van der Waals surface area (Å²) >= 11 is 0. The number of nitrogens with zero attached hydrogens (tertiary/aromatic N) is 4. The smallest absolute Gasteiger partial charge is 0.223 e. The van der Waals surface area contributed by atoms with Gasteiger partial charge in [-0.05, 0) is 74.1 Å². The van der Waals surface area contributed by atoms with Crippen LogP contribution in [0.4, 0.5) is 5.69 Å². The van der Waals surface area contributed by atoms with E-state index in [0.29, 0.717) is 24.3 Å². The van der Waals surface area contributed by atoms with Crippen molar-refractivity contribution in [2.24, 2.45) is 11.8 Å². The summed E-state index contributed by atoms with van der Waals surface area (Å²) in [7, 11) is 0. The molecule has 8 aliphatic rings. The second-order valence-electron chi connectivity index (χ2n) is 13.9. The van der Waals surface area contributed by atoms with Gasteiger partial charge in [0.25, 0.3) is 0 Å². The van der Waals surface area contributed by atoms with Crippen LogP contribution in [0.2, 0.25) is 0 Å². The molecular formula is C38H38N4O. The van der Waals surface area contributed by atoms with Gasteiger partial charge in [0.2, 0.25) is 5.91 Å². The summed E-state index contributed by atoms with van der Waals surface area (Å²) in [5.41, 5.74) is 12.9. The summed E-state index contributed by atoms with van der Waals surface area (Å²) < 4.78 is 2.58. The SMILES string of the molecule is C/C=C1/CN2CCc3c4n(c5ccccc35)/C=C3/[C@H]5C[C@@H]6N(CC[C@@]67c6ccccc6N(/C=C\4[C@H]1CC2=O)[C@@H]37)C/C5=C/C. The number of hydrogen-bond acceptors (Lipinski definition) is 3. The summed E-state index contributed by atoms with van der Waals surface area (Å²) in [4.78, 5) is 21.2. The molecule has 1 aliphatic carbocycles. The van der Waals surface area contributed by atoms with Crippen LogP contribution in [0.25, 0.3) is 22.7 Å². The lowest BCUT2D eigenvalue weighted by Gasteiger charge is -2.54. The Morgan fingerprint density at radius 1 is 0.907 bits per heavy atom. The number of amides is 1. The molecule has 1 aromatic heterocycles. The zero-order chi connectivity index (χ0) is 28.6. The predicted octanol–water partition coefficient (Wildman–Crippen LogP) is 6.37. The molecule has 11 rings (SSSR count). The number of piperidine rings is 2. The number of rotatable bonds is 0. The number of anilines is 1. The van der Waals surface area contributed by atoms with Gasteiger partial charge in [0, 0.05) is 78.4 Å². The normalized spacial score (nSPS) is 36.3. The average Bonchev–Trinajstić information content (AvgIpc) is 3.67. The highest BCUT2D eigenvalue weighted by Gasteiger charge is 2.66. The first-order chi connectivity index (χ1) is 21.1. The number of carbonyl (C=O) groups excluding carboxylic acids is 1. The Labute approximate surface area is 253 Å². The average molecular weight is 567 g/mol. The van der Waals surface area contributed by atoms with Gasteiger partial charge in [-0.15, -0.1) is 0 Å². The molecule has 7 aliphatic heterocycles. The minimum absolute atomic E-state index is 0.0830. The molecule has 2 aromatic carbocycles. The van der Waals surface area contributed by atoms with E-state index >= 15 is 0 Å². The molecule has 5 nitrogen and oxygen atoms in total. The van der Waals surface area contributed by atoms with Crippen molar-refractivity contribution in [2.75, 3.05) is 31.1 Å². The van der Waals surface area contributed by atoms with Crippen molar-refractivity contribution < 1.29 is 4.79 Å². The van der Waals surface area contributed by atoms with Gasteiger partial charge in [-0.1, -0.05) is 54.1 Å². The maximum Gasteiger partial charge on any atom is 0.223 e.